The molecule has 0 unspecified atom stereocenters. The molecule has 1 aliphatic carbocycles. The fourth-order valence-corrected chi connectivity index (χ4v) is 8.34. The van der Waals surface area contributed by atoms with Crippen molar-refractivity contribution in [2.75, 3.05) is 0 Å². The van der Waals surface area contributed by atoms with Gasteiger partial charge in [0.15, 0.2) is 0 Å². The van der Waals surface area contributed by atoms with Gasteiger partial charge in [-0.25, -0.2) is 0 Å². The lowest BCUT2D eigenvalue weighted by atomic mass is 9.70. The van der Waals surface area contributed by atoms with Gasteiger partial charge in [-0.3, -0.25) is 0 Å². The molecule has 254 valence electrons. The van der Waals surface area contributed by atoms with E-state index in [9.17, 15) is 0 Å². The van der Waals surface area contributed by atoms with Gasteiger partial charge in [0.05, 0.1) is 0 Å². The van der Waals surface area contributed by atoms with Crippen molar-refractivity contribution in [1.82, 2.24) is 9.97 Å². The number of unbranched alkanes of at least 4 members (excludes halogenated alkanes) is 18. The molecule has 0 atom stereocenters. The summed E-state index contributed by atoms with van der Waals surface area (Å²) in [6, 6.07) is 23.3. The van der Waals surface area contributed by atoms with E-state index >= 15 is 0 Å². The van der Waals surface area contributed by atoms with Crippen LogP contribution >= 0.6 is 0 Å². The first kappa shape index (κ1) is 35.3. The number of hydrogen-bond acceptors (Lipinski definition) is 0. The molecule has 47 heavy (non-hydrogen) atoms. The molecule has 2 N–H and O–H groups in total. The van der Waals surface area contributed by atoms with E-state index < -0.39 is 0 Å². The minimum absolute atomic E-state index is 0.0795. The number of aromatic nitrogens is 2. The van der Waals surface area contributed by atoms with Crippen LogP contribution in [0.3, 0.4) is 0 Å². The Hall–Kier alpha value is -3.00. The Labute approximate surface area is 287 Å². The lowest BCUT2D eigenvalue weighted by Gasteiger charge is -2.33. The number of fused-ring (bicyclic) bond motifs is 3. The number of nitrogens with one attached hydrogen (secondary N) is 2. The lowest BCUT2D eigenvalue weighted by molar-refractivity contribution is 0.397. The SMILES string of the molecule is CCCCCCCCCCCCC1(CCCCCCCCCCCC)c2cc(-c3ccc[nH]3)ccc2-c2ccc(-c3ccc[nH]3)cc21. The molecule has 0 spiro atoms. The number of benzene rings is 2. The average molecular weight is 633 g/mol. The molecule has 0 saturated heterocycles. The van der Waals surface area contributed by atoms with Crippen molar-refractivity contribution in [2.45, 2.75) is 161 Å². The Morgan fingerprint density at radius 1 is 0.426 bits per heavy atom. The van der Waals surface area contributed by atoms with E-state index in [0.29, 0.717) is 0 Å². The zero-order valence-corrected chi connectivity index (χ0v) is 30.0. The van der Waals surface area contributed by atoms with Crippen molar-refractivity contribution in [3.63, 3.8) is 0 Å². The van der Waals surface area contributed by atoms with Crippen LogP contribution in [0.4, 0.5) is 0 Å². The first-order valence-electron chi connectivity index (χ1n) is 19.8. The van der Waals surface area contributed by atoms with Gasteiger partial charge in [0.2, 0.25) is 0 Å². The van der Waals surface area contributed by atoms with Crippen LogP contribution < -0.4 is 0 Å². The zero-order valence-electron chi connectivity index (χ0n) is 30.0. The molecule has 1 aliphatic rings. The van der Waals surface area contributed by atoms with Crippen molar-refractivity contribution in [3.8, 4) is 33.6 Å². The largest absolute Gasteiger partial charge is 0.361 e. The summed E-state index contributed by atoms with van der Waals surface area (Å²) < 4.78 is 0. The van der Waals surface area contributed by atoms with Crippen LogP contribution in [0.2, 0.25) is 0 Å². The molecule has 5 rings (SSSR count). The third kappa shape index (κ3) is 9.55. The summed E-state index contributed by atoms with van der Waals surface area (Å²) in [5.41, 5.74) is 11.3. The molecule has 0 amide bonds. The van der Waals surface area contributed by atoms with Crippen LogP contribution in [0.5, 0.6) is 0 Å². The fraction of sp³-hybridized carbons (Fsp3) is 0.556. The Kier molecular flexibility index (Phi) is 14.4. The molecule has 2 heteroatoms. The van der Waals surface area contributed by atoms with Crippen molar-refractivity contribution < 1.29 is 0 Å². The van der Waals surface area contributed by atoms with Gasteiger partial charge in [0.1, 0.15) is 0 Å². The van der Waals surface area contributed by atoms with Crippen LogP contribution in [0.25, 0.3) is 33.6 Å². The van der Waals surface area contributed by atoms with E-state index in [0.717, 1.165) is 0 Å². The minimum Gasteiger partial charge on any atom is -0.361 e. The molecule has 2 nitrogen and oxygen atoms in total. The first-order valence-corrected chi connectivity index (χ1v) is 19.8. The van der Waals surface area contributed by atoms with Gasteiger partial charge in [-0.15, -0.1) is 0 Å². The minimum atomic E-state index is 0.0795. The van der Waals surface area contributed by atoms with Gasteiger partial charge < -0.3 is 9.97 Å². The van der Waals surface area contributed by atoms with E-state index in [-0.39, 0.29) is 5.41 Å². The summed E-state index contributed by atoms with van der Waals surface area (Å²) in [6.45, 7) is 4.62. The van der Waals surface area contributed by atoms with Gasteiger partial charge in [-0.2, -0.15) is 0 Å². The number of aromatic amines is 2. The predicted octanol–water partition coefficient (Wildman–Crippen LogP) is 14.6. The number of rotatable bonds is 24. The van der Waals surface area contributed by atoms with Crippen LogP contribution in [0.15, 0.2) is 73.1 Å². The van der Waals surface area contributed by atoms with Crippen LogP contribution in [-0.2, 0) is 5.41 Å². The van der Waals surface area contributed by atoms with E-state index in [1.807, 2.05) is 0 Å². The maximum absolute atomic E-state index is 3.49. The number of hydrogen-bond donors (Lipinski definition) is 2. The standard InChI is InChI=1S/C45H64N2/c1-3-5-7-9-11-13-15-17-19-21-31-45(32-22-20-18-16-14-12-10-8-6-4-2)41-35-37(43-25-23-33-46-43)27-29-39(41)40-30-28-38(36-42(40)45)44-26-24-34-47-44/h23-30,33-36,46-47H,3-22,31-32H2,1-2H3. The average Bonchev–Trinajstić information content (AvgIpc) is 3.88. The maximum Gasteiger partial charge on any atom is 0.0453 e. The molecule has 0 saturated carbocycles. The van der Waals surface area contributed by atoms with Gasteiger partial charge in [-0.1, -0.05) is 167 Å². The zero-order chi connectivity index (χ0) is 32.6. The Morgan fingerprint density at radius 3 is 1.13 bits per heavy atom. The van der Waals surface area contributed by atoms with E-state index in [1.54, 1.807) is 11.1 Å². The van der Waals surface area contributed by atoms with Crippen molar-refractivity contribution in [1.29, 1.82) is 0 Å². The highest BCUT2D eigenvalue weighted by molar-refractivity contribution is 5.85. The van der Waals surface area contributed by atoms with Crippen LogP contribution in [-0.4, -0.2) is 9.97 Å². The van der Waals surface area contributed by atoms with Gasteiger partial charge in [0.25, 0.3) is 0 Å². The lowest BCUT2D eigenvalue weighted by Crippen LogP contribution is -2.25. The fourth-order valence-electron chi connectivity index (χ4n) is 8.34. The second-order valence-corrected chi connectivity index (χ2v) is 14.6. The molecular weight excluding hydrogens is 569 g/mol. The maximum atomic E-state index is 3.49. The van der Waals surface area contributed by atoms with Crippen LogP contribution in [0, 0.1) is 0 Å². The van der Waals surface area contributed by atoms with Crippen molar-refractivity contribution >= 4 is 0 Å². The van der Waals surface area contributed by atoms with E-state index in [1.165, 1.54) is 175 Å². The molecule has 0 radical (unpaired) electrons. The van der Waals surface area contributed by atoms with Crippen LogP contribution in [0.1, 0.15) is 166 Å². The molecule has 0 aliphatic heterocycles. The van der Waals surface area contributed by atoms with Crippen molar-refractivity contribution in [3.05, 3.63) is 84.2 Å². The van der Waals surface area contributed by atoms with E-state index in [2.05, 4.69) is 96.9 Å². The summed E-state index contributed by atoms with van der Waals surface area (Å²) in [7, 11) is 0. The first-order chi connectivity index (χ1) is 23.3. The van der Waals surface area contributed by atoms with Crippen molar-refractivity contribution in [2.24, 2.45) is 0 Å². The topological polar surface area (TPSA) is 31.6 Å². The molecule has 0 fully saturated rings. The molecule has 2 heterocycles. The molecule has 0 bridgehead atoms. The van der Waals surface area contributed by atoms with Gasteiger partial charge in [-0.05, 0) is 82.6 Å². The van der Waals surface area contributed by atoms with Gasteiger partial charge >= 0.3 is 0 Å². The Morgan fingerprint density at radius 2 is 0.787 bits per heavy atom. The Bertz CT molecular complexity index is 1300. The highest BCUT2D eigenvalue weighted by Crippen LogP contribution is 2.55. The number of H-pyrrole nitrogens is 2. The Balaban J connectivity index is 1.34. The summed E-state index contributed by atoms with van der Waals surface area (Å²) in [6.07, 6.45) is 34.4. The quantitative estimate of drug-likeness (QED) is 0.0720. The summed E-state index contributed by atoms with van der Waals surface area (Å²) in [5, 5.41) is 0. The summed E-state index contributed by atoms with van der Waals surface area (Å²) in [4.78, 5) is 6.98. The summed E-state index contributed by atoms with van der Waals surface area (Å²) in [5.74, 6) is 0. The molecular formula is C45H64N2. The second-order valence-electron chi connectivity index (χ2n) is 14.6. The second kappa shape index (κ2) is 19.1. The smallest absolute Gasteiger partial charge is 0.0453 e. The van der Waals surface area contributed by atoms with Gasteiger partial charge in [0, 0.05) is 29.2 Å². The summed E-state index contributed by atoms with van der Waals surface area (Å²) >= 11 is 0. The molecule has 2 aromatic heterocycles. The monoisotopic (exact) mass is 633 g/mol. The predicted molar refractivity (Wildman–Crippen MR) is 205 cm³/mol. The normalized spacial score (nSPS) is 13.2. The molecule has 2 aromatic carbocycles. The molecule has 4 aromatic rings. The third-order valence-corrected chi connectivity index (χ3v) is 11.1. The van der Waals surface area contributed by atoms with E-state index in [4.69, 9.17) is 0 Å². The highest BCUT2D eigenvalue weighted by Gasteiger charge is 2.42. The highest BCUT2D eigenvalue weighted by atomic mass is 14.7. The third-order valence-electron chi connectivity index (χ3n) is 11.1.